The fourth-order valence-corrected chi connectivity index (χ4v) is 3.72. The van der Waals surface area contributed by atoms with E-state index in [1.165, 1.54) is 37.0 Å². The van der Waals surface area contributed by atoms with E-state index in [-0.39, 0.29) is 17.9 Å². The summed E-state index contributed by atoms with van der Waals surface area (Å²) in [6.07, 6.45) is 1.52. The second-order valence-electron chi connectivity index (χ2n) is 5.09. The van der Waals surface area contributed by atoms with Crippen molar-refractivity contribution in [3.05, 3.63) is 24.2 Å². The largest absolute Gasteiger partial charge is 0.466 e. The van der Waals surface area contributed by atoms with Crippen molar-refractivity contribution in [1.82, 2.24) is 10.2 Å². The van der Waals surface area contributed by atoms with Crippen LogP contribution in [0, 0.1) is 0 Å². The number of ether oxygens (including phenoxy) is 2. The predicted octanol–water partition coefficient (Wildman–Crippen LogP) is 0.548. The van der Waals surface area contributed by atoms with Gasteiger partial charge in [0.25, 0.3) is 5.91 Å². The number of esters is 1. The summed E-state index contributed by atoms with van der Waals surface area (Å²) in [5.74, 6) is -0.290. The normalized spacial score (nSPS) is 20.0. The zero-order chi connectivity index (χ0) is 17.5. The molecule has 2 rings (SSSR count). The lowest BCUT2D eigenvalue weighted by Crippen LogP contribution is -2.43. The molecule has 0 saturated carbocycles. The average molecular weight is 356 g/mol. The molecule has 132 valence electrons. The number of amides is 2. The van der Waals surface area contributed by atoms with Crippen molar-refractivity contribution in [1.29, 1.82) is 0 Å². The lowest BCUT2D eigenvalue weighted by Gasteiger charge is -2.25. The molecule has 1 aromatic heterocycles. The number of thioether (sulfide) groups is 1. The van der Waals surface area contributed by atoms with Crippen molar-refractivity contribution in [2.75, 3.05) is 32.6 Å². The standard InChI is InChI=1S/C15H20N2O6S/c1-10(18)17-11(9-24-14(17)12-4-3-6-22-12)15(20)23-8-13(19)16-5-7-21-2/h3-4,6,11,14H,5,7-9H2,1-2H3,(H,16,19)/t11-,14-/m1/s1. The van der Waals surface area contributed by atoms with Crippen LogP contribution in [0.4, 0.5) is 0 Å². The first-order valence-electron chi connectivity index (χ1n) is 7.40. The first-order chi connectivity index (χ1) is 11.5. The number of rotatable bonds is 7. The summed E-state index contributed by atoms with van der Waals surface area (Å²) in [5, 5.41) is 2.18. The predicted molar refractivity (Wildman–Crippen MR) is 86.1 cm³/mol. The molecule has 0 radical (unpaired) electrons. The minimum atomic E-state index is -0.741. The van der Waals surface area contributed by atoms with Gasteiger partial charge >= 0.3 is 5.97 Å². The number of methoxy groups -OCH3 is 1. The third-order valence-corrected chi connectivity index (χ3v) is 4.68. The zero-order valence-corrected chi connectivity index (χ0v) is 14.3. The molecule has 1 fully saturated rings. The Morgan fingerprint density at radius 1 is 1.46 bits per heavy atom. The second-order valence-corrected chi connectivity index (χ2v) is 6.21. The van der Waals surface area contributed by atoms with Crippen molar-refractivity contribution < 1.29 is 28.3 Å². The van der Waals surface area contributed by atoms with E-state index in [1.54, 1.807) is 12.1 Å². The van der Waals surface area contributed by atoms with Crippen molar-refractivity contribution in [3.63, 3.8) is 0 Å². The maximum absolute atomic E-state index is 12.2. The molecule has 0 aliphatic carbocycles. The number of hydrogen-bond acceptors (Lipinski definition) is 7. The molecule has 1 N–H and O–H groups in total. The van der Waals surface area contributed by atoms with Crippen molar-refractivity contribution >= 4 is 29.5 Å². The summed E-state index contributed by atoms with van der Waals surface area (Å²) >= 11 is 1.42. The smallest absolute Gasteiger partial charge is 0.330 e. The van der Waals surface area contributed by atoms with Gasteiger partial charge in [0.2, 0.25) is 5.91 Å². The van der Waals surface area contributed by atoms with Gasteiger partial charge in [-0.2, -0.15) is 0 Å². The second kappa shape index (κ2) is 8.74. The van der Waals surface area contributed by atoms with Crippen LogP contribution in [-0.4, -0.2) is 61.3 Å². The van der Waals surface area contributed by atoms with Gasteiger partial charge in [-0.1, -0.05) is 0 Å². The quantitative estimate of drug-likeness (QED) is 0.563. The fourth-order valence-electron chi connectivity index (χ4n) is 2.30. The summed E-state index contributed by atoms with van der Waals surface area (Å²) in [6, 6.07) is 2.74. The van der Waals surface area contributed by atoms with Crippen LogP contribution < -0.4 is 5.32 Å². The molecule has 1 aliphatic heterocycles. The Kier molecular flexibility index (Phi) is 6.68. The van der Waals surface area contributed by atoms with Gasteiger partial charge in [0.1, 0.15) is 17.2 Å². The van der Waals surface area contributed by atoms with E-state index in [2.05, 4.69) is 5.32 Å². The maximum atomic E-state index is 12.2. The topological polar surface area (TPSA) is 98.1 Å². The summed E-state index contributed by atoms with van der Waals surface area (Å²) < 4.78 is 15.2. The molecule has 0 spiro atoms. The minimum absolute atomic E-state index is 0.257. The number of furan rings is 1. The van der Waals surface area contributed by atoms with Crippen LogP contribution in [0.2, 0.25) is 0 Å². The third-order valence-electron chi connectivity index (χ3n) is 3.40. The molecular weight excluding hydrogens is 336 g/mol. The zero-order valence-electron chi connectivity index (χ0n) is 13.5. The Bertz CT molecular complexity index is 577. The molecule has 0 bridgehead atoms. The lowest BCUT2D eigenvalue weighted by molar-refractivity contribution is -0.156. The van der Waals surface area contributed by atoms with Crippen LogP contribution in [0.1, 0.15) is 18.1 Å². The average Bonchev–Trinajstić information content (AvgIpc) is 3.21. The highest BCUT2D eigenvalue weighted by Gasteiger charge is 2.43. The monoisotopic (exact) mass is 356 g/mol. The number of nitrogens with zero attached hydrogens (tertiary/aromatic N) is 1. The van der Waals surface area contributed by atoms with E-state index in [9.17, 15) is 14.4 Å². The van der Waals surface area contributed by atoms with Crippen molar-refractivity contribution in [2.24, 2.45) is 0 Å². The third kappa shape index (κ3) is 4.51. The van der Waals surface area contributed by atoms with Crippen molar-refractivity contribution in [2.45, 2.75) is 18.3 Å². The molecule has 1 saturated heterocycles. The Hall–Kier alpha value is -2.00. The van der Waals surface area contributed by atoms with Crippen LogP contribution in [0.5, 0.6) is 0 Å². The van der Waals surface area contributed by atoms with Crippen LogP contribution in [-0.2, 0) is 23.9 Å². The van der Waals surface area contributed by atoms with Crippen molar-refractivity contribution in [3.8, 4) is 0 Å². The van der Waals surface area contributed by atoms with Crippen LogP contribution >= 0.6 is 11.8 Å². The highest BCUT2D eigenvalue weighted by Crippen LogP contribution is 2.41. The molecular formula is C15H20N2O6S. The highest BCUT2D eigenvalue weighted by atomic mass is 32.2. The first kappa shape index (κ1) is 18.3. The van der Waals surface area contributed by atoms with Gasteiger partial charge in [0.05, 0.1) is 12.9 Å². The molecule has 2 amide bonds. The van der Waals surface area contributed by atoms with E-state index >= 15 is 0 Å². The van der Waals surface area contributed by atoms with Crippen LogP contribution in [0.3, 0.4) is 0 Å². The molecule has 1 aliphatic rings. The summed E-state index contributed by atoms with van der Waals surface area (Å²) in [6.45, 7) is 1.72. The summed E-state index contributed by atoms with van der Waals surface area (Å²) in [7, 11) is 1.52. The van der Waals surface area contributed by atoms with E-state index in [0.29, 0.717) is 24.7 Å². The highest BCUT2D eigenvalue weighted by molar-refractivity contribution is 7.99. The molecule has 1 aromatic rings. The van der Waals surface area contributed by atoms with Gasteiger partial charge in [-0.05, 0) is 12.1 Å². The molecule has 0 aromatic carbocycles. The molecule has 8 nitrogen and oxygen atoms in total. The molecule has 9 heteroatoms. The fraction of sp³-hybridized carbons (Fsp3) is 0.533. The Morgan fingerprint density at radius 2 is 2.25 bits per heavy atom. The van der Waals surface area contributed by atoms with Gasteiger partial charge in [0.15, 0.2) is 6.61 Å². The molecule has 24 heavy (non-hydrogen) atoms. The van der Waals surface area contributed by atoms with Gasteiger partial charge in [-0.3, -0.25) is 9.59 Å². The van der Waals surface area contributed by atoms with Crippen LogP contribution in [0.25, 0.3) is 0 Å². The summed E-state index contributed by atoms with van der Waals surface area (Å²) in [5.41, 5.74) is 0. The van der Waals surface area contributed by atoms with E-state index in [0.717, 1.165) is 0 Å². The van der Waals surface area contributed by atoms with Crippen LogP contribution in [0.15, 0.2) is 22.8 Å². The van der Waals surface area contributed by atoms with E-state index in [1.807, 2.05) is 0 Å². The first-order valence-corrected chi connectivity index (χ1v) is 8.45. The Morgan fingerprint density at radius 3 is 2.88 bits per heavy atom. The molecule has 0 unspecified atom stereocenters. The Balaban J connectivity index is 1.91. The Labute approximate surface area is 143 Å². The molecule has 2 atom stereocenters. The van der Waals surface area contributed by atoms with E-state index < -0.39 is 17.9 Å². The van der Waals surface area contributed by atoms with Gasteiger partial charge in [-0.15, -0.1) is 11.8 Å². The maximum Gasteiger partial charge on any atom is 0.330 e. The summed E-state index contributed by atoms with van der Waals surface area (Å²) in [4.78, 5) is 37.2. The number of hydrogen-bond donors (Lipinski definition) is 1. The SMILES string of the molecule is COCCNC(=O)COC(=O)[C@H]1CS[C@H](c2ccco2)N1C(C)=O. The van der Waals surface area contributed by atoms with Gasteiger partial charge in [-0.25, -0.2) is 4.79 Å². The number of carbonyl (C=O) groups excluding carboxylic acids is 3. The lowest BCUT2D eigenvalue weighted by atomic mass is 10.2. The van der Waals surface area contributed by atoms with Gasteiger partial charge < -0.3 is 24.1 Å². The number of carbonyl (C=O) groups is 3. The van der Waals surface area contributed by atoms with E-state index in [4.69, 9.17) is 13.9 Å². The molecule has 2 heterocycles. The van der Waals surface area contributed by atoms with Gasteiger partial charge in [0, 0.05) is 26.3 Å². The minimum Gasteiger partial charge on any atom is -0.466 e. The number of nitrogens with one attached hydrogen (secondary N) is 1.